The van der Waals surface area contributed by atoms with E-state index in [1.807, 2.05) is 5.38 Å². The van der Waals surface area contributed by atoms with E-state index in [-0.39, 0.29) is 16.5 Å². The molecule has 0 saturated heterocycles. The van der Waals surface area contributed by atoms with Crippen LogP contribution in [0.4, 0.5) is 10.3 Å². The predicted octanol–water partition coefficient (Wildman–Crippen LogP) is 5.81. The van der Waals surface area contributed by atoms with Gasteiger partial charge < -0.3 is 0 Å². The second kappa shape index (κ2) is 7.09. The van der Waals surface area contributed by atoms with E-state index in [2.05, 4.69) is 15.4 Å². The molecule has 0 bridgehead atoms. The van der Waals surface area contributed by atoms with Crippen molar-refractivity contribution in [2.45, 2.75) is 0 Å². The lowest BCUT2D eigenvalue weighted by Crippen LogP contribution is -2.15. The first-order valence-electron chi connectivity index (χ1n) is 7.49. The van der Waals surface area contributed by atoms with Gasteiger partial charge in [0.2, 0.25) is 4.96 Å². The zero-order chi connectivity index (χ0) is 19.1. The molecule has 2 aromatic carbocycles. The number of benzene rings is 2. The molecule has 27 heavy (non-hydrogen) atoms. The van der Waals surface area contributed by atoms with Crippen molar-refractivity contribution in [3.63, 3.8) is 0 Å². The van der Waals surface area contributed by atoms with E-state index < -0.39 is 11.7 Å². The Hall–Kier alpha value is -2.19. The third kappa shape index (κ3) is 3.39. The maximum atomic E-state index is 13.9. The van der Waals surface area contributed by atoms with Crippen LogP contribution in [0.15, 0.2) is 41.8 Å². The van der Waals surface area contributed by atoms with Crippen molar-refractivity contribution in [3.05, 3.63) is 68.2 Å². The summed E-state index contributed by atoms with van der Waals surface area (Å²) >= 11 is 19.5. The summed E-state index contributed by atoms with van der Waals surface area (Å²) in [4.78, 5) is 17.1. The quantitative estimate of drug-likeness (QED) is 0.436. The second-order valence-corrected chi connectivity index (χ2v) is 7.51. The van der Waals surface area contributed by atoms with Crippen LogP contribution in [-0.2, 0) is 0 Å². The number of thiazole rings is 1. The summed E-state index contributed by atoms with van der Waals surface area (Å²) in [6.45, 7) is 0. The van der Waals surface area contributed by atoms with Gasteiger partial charge in [-0.1, -0.05) is 40.9 Å². The van der Waals surface area contributed by atoms with Crippen LogP contribution in [0.5, 0.6) is 0 Å². The van der Waals surface area contributed by atoms with E-state index >= 15 is 0 Å². The summed E-state index contributed by atoms with van der Waals surface area (Å²) in [5.74, 6) is -1.45. The Morgan fingerprint density at radius 3 is 2.74 bits per heavy atom. The first kappa shape index (κ1) is 18.2. The van der Waals surface area contributed by atoms with E-state index in [0.29, 0.717) is 26.3 Å². The van der Waals surface area contributed by atoms with Gasteiger partial charge in [-0.05, 0) is 30.3 Å². The maximum absolute atomic E-state index is 13.9. The molecule has 0 unspecified atom stereocenters. The Kier molecular flexibility index (Phi) is 4.77. The summed E-state index contributed by atoms with van der Waals surface area (Å²) in [7, 11) is 0. The van der Waals surface area contributed by atoms with Crippen LogP contribution in [0.25, 0.3) is 16.2 Å². The van der Waals surface area contributed by atoms with Crippen molar-refractivity contribution in [1.82, 2.24) is 14.6 Å². The molecule has 2 aromatic heterocycles. The number of hydrogen-bond acceptors (Lipinski definition) is 4. The molecule has 0 fully saturated rings. The van der Waals surface area contributed by atoms with Crippen molar-refractivity contribution >= 4 is 63.0 Å². The highest BCUT2D eigenvalue weighted by Gasteiger charge is 2.19. The van der Waals surface area contributed by atoms with Gasteiger partial charge in [0.15, 0.2) is 0 Å². The van der Waals surface area contributed by atoms with Gasteiger partial charge in [-0.15, -0.1) is 16.4 Å². The van der Waals surface area contributed by atoms with Gasteiger partial charge in [-0.3, -0.25) is 10.1 Å². The molecule has 0 atom stereocenters. The second-order valence-electron chi connectivity index (χ2n) is 5.43. The molecular formula is C17H8Cl3FN4OS. The van der Waals surface area contributed by atoms with E-state index in [4.69, 9.17) is 34.8 Å². The Morgan fingerprint density at radius 1 is 1.15 bits per heavy atom. The summed E-state index contributed by atoms with van der Waals surface area (Å²) in [6.07, 6.45) is 0. The number of fused-ring (bicyclic) bond motifs is 1. The van der Waals surface area contributed by atoms with E-state index in [9.17, 15) is 9.18 Å². The molecular weight excluding hydrogens is 434 g/mol. The third-order valence-corrected chi connectivity index (χ3v) is 5.40. The van der Waals surface area contributed by atoms with Crippen molar-refractivity contribution < 1.29 is 9.18 Å². The highest BCUT2D eigenvalue weighted by atomic mass is 35.5. The number of anilines is 1. The Labute approximate surface area is 171 Å². The summed E-state index contributed by atoms with van der Waals surface area (Å²) in [5.41, 5.74) is 1.07. The average molecular weight is 442 g/mol. The highest BCUT2D eigenvalue weighted by molar-refractivity contribution is 7.15. The van der Waals surface area contributed by atoms with Crippen molar-refractivity contribution in [2.24, 2.45) is 0 Å². The van der Waals surface area contributed by atoms with E-state index in [1.165, 1.54) is 28.0 Å². The number of amides is 1. The van der Waals surface area contributed by atoms with Crippen LogP contribution in [0, 0.1) is 5.82 Å². The molecule has 0 radical (unpaired) electrons. The van der Waals surface area contributed by atoms with E-state index in [0.717, 1.165) is 6.07 Å². The Balaban J connectivity index is 1.70. The smallest absolute Gasteiger partial charge is 0.262 e. The monoisotopic (exact) mass is 440 g/mol. The molecule has 136 valence electrons. The van der Waals surface area contributed by atoms with Crippen LogP contribution in [-0.4, -0.2) is 20.5 Å². The average Bonchev–Trinajstić information content (AvgIpc) is 3.17. The number of rotatable bonds is 3. The van der Waals surface area contributed by atoms with Crippen molar-refractivity contribution in [2.75, 3.05) is 5.32 Å². The van der Waals surface area contributed by atoms with Crippen LogP contribution in [0.3, 0.4) is 0 Å². The van der Waals surface area contributed by atoms with Crippen LogP contribution in [0.1, 0.15) is 10.4 Å². The fourth-order valence-corrected chi connectivity index (χ4v) is 3.95. The summed E-state index contributed by atoms with van der Waals surface area (Å²) in [6, 6.07) is 9.08. The lowest BCUT2D eigenvalue weighted by molar-refractivity contribution is 0.102. The van der Waals surface area contributed by atoms with Crippen LogP contribution >= 0.6 is 46.1 Å². The fraction of sp³-hybridized carbons (Fsp3) is 0. The van der Waals surface area contributed by atoms with Crippen molar-refractivity contribution in [1.29, 1.82) is 0 Å². The van der Waals surface area contributed by atoms with Crippen LogP contribution in [0.2, 0.25) is 15.1 Å². The number of aromatic nitrogens is 3. The number of hydrogen-bond donors (Lipinski definition) is 1. The zero-order valence-electron chi connectivity index (χ0n) is 13.2. The minimum Gasteiger partial charge on any atom is -0.289 e. The number of halogens is 4. The molecule has 10 heteroatoms. The predicted molar refractivity (Wildman–Crippen MR) is 106 cm³/mol. The van der Waals surface area contributed by atoms with Gasteiger partial charge in [0.25, 0.3) is 11.9 Å². The minimum atomic E-state index is -0.737. The minimum absolute atomic E-state index is 0.0000746. The van der Waals surface area contributed by atoms with E-state index in [1.54, 1.807) is 18.2 Å². The number of carbonyl (C=O) groups is 1. The Morgan fingerprint density at radius 2 is 1.96 bits per heavy atom. The topological polar surface area (TPSA) is 59.3 Å². The van der Waals surface area contributed by atoms with Gasteiger partial charge >= 0.3 is 0 Å². The fourth-order valence-electron chi connectivity index (χ4n) is 2.49. The number of nitrogens with zero attached hydrogens (tertiary/aromatic N) is 3. The lowest BCUT2D eigenvalue weighted by atomic mass is 10.2. The molecule has 4 rings (SSSR count). The number of nitrogens with one attached hydrogen (secondary N) is 1. The molecule has 4 aromatic rings. The lowest BCUT2D eigenvalue weighted by Gasteiger charge is -2.05. The first-order valence-corrected chi connectivity index (χ1v) is 9.50. The van der Waals surface area contributed by atoms with Crippen LogP contribution < -0.4 is 5.32 Å². The molecule has 0 aliphatic heterocycles. The van der Waals surface area contributed by atoms with Gasteiger partial charge in [-0.2, -0.15) is 4.98 Å². The molecule has 0 aliphatic rings. The van der Waals surface area contributed by atoms with Crippen molar-refractivity contribution in [3.8, 4) is 11.3 Å². The first-order chi connectivity index (χ1) is 12.9. The van der Waals surface area contributed by atoms with Gasteiger partial charge in [0.05, 0.1) is 21.3 Å². The highest BCUT2D eigenvalue weighted by Crippen LogP contribution is 2.33. The molecule has 2 heterocycles. The third-order valence-electron chi connectivity index (χ3n) is 3.70. The van der Waals surface area contributed by atoms with Gasteiger partial charge in [0.1, 0.15) is 5.82 Å². The Bertz CT molecular complexity index is 1170. The standard InChI is InChI=1S/C17H8Cl3FN4OS/c18-8-4-5-10(19)9(6-8)13-7-27-17-23-16(24-25(13)17)22-15(26)14-11(20)2-1-3-12(14)21/h1-7H,(H,22,24,26). The molecule has 1 N–H and O–H groups in total. The zero-order valence-corrected chi connectivity index (χ0v) is 16.3. The number of carbonyl (C=O) groups excluding carboxylic acids is 1. The van der Waals surface area contributed by atoms with Gasteiger partial charge in [-0.25, -0.2) is 8.91 Å². The molecule has 5 nitrogen and oxygen atoms in total. The molecule has 0 aliphatic carbocycles. The molecule has 0 saturated carbocycles. The summed E-state index contributed by atoms with van der Waals surface area (Å²) in [5, 5.41) is 9.57. The molecule has 1 amide bonds. The SMILES string of the molecule is O=C(Nc1nc2scc(-c3cc(Cl)ccc3Cl)n2n1)c1c(F)cccc1Cl. The largest absolute Gasteiger partial charge is 0.289 e. The maximum Gasteiger partial charge on any atom is 0.262 e. The normalized spacial score (nSPS) is 11.1. The summed E-state index contributed by atoms with van der Waals surface area (Å²) < 4.78 is 15.4. The molecule has 0 spiro atoms. The van der Waals surface area contributed by atoms with Gasteiger partial charge in [0, 0.05) is 16.0 Å².